The highest BCUT2D eigenvalue weighted by Crippen LogP contribution is 2.23. The smallest absolute Gasteiger partial charge is 0.220 e. The Balaban J connectivity index is 1.53. The van der Waals surface area contributed by atoms with Gasteiger partial charge in [0, 0.05) is 18.4 Å². The number of benzene rings is 2. The zero-order valence-corrected chi connectivity index (χ0v) is 15.0. The highest BCUT2D eigenvalue weighted by Gasteiger charge is 2.16. The van der Waals surface area contributed by atoms with Gasteiger partial charge in [0.05, 0.1) is 6.04 Å². The van der Waals surface area contributed by atoms with Gasteiger partial charge in [-0.15, -0.1) is 0 Å². The average Bonchev–Trinajstić information content (AvgIpc) is 3.07. The number of amides is 1. The molecule has 0 saturated carbocycles. The van der Waals surface area contributed by atoms with E-state index in [-0.39, 0.29) is 30.6 Å². The van der Waals surface area contributed by atoms with Gasteiger partial charge in [-0.1, -0.05) is 36.4 Å². The van der Waals surface area contributed by atoms with Gasteiger partial charge in [0.2, 0.25) is 5.91 Å². The normalized spacial score (nSPS) is 14.0. The maximum absolute atomic E-state index is 12.4. The van der Waals surface area contributed by atoms with Crippen LogP contribution in [-0.4, -0.2) is 11.7 Å². The van der Waals surface area contributed by atoms with E-state index >= 15 is 0 Å². The van der Waals surface area contributed by atoms with E-state index in [1.54, 1.807) is 0 Å². The standard InChI is InChI=1S/C22H25NO2/c1-15-6-3-4-9-20(15)16(2)23-22(25)13-12-21(24)19-11-10-17-7-5-8-18(17)14-19/h3-4,6,9-11,14,16H,5,7-8,12-13H2,1-2H3,(H,23,25). The first kappa shape index (κ1) is 17.4. The van der Waals surface area contributed by atoms with Crippen LogP contribution in [0, 0.1) is 6.92 Å². The lowest BCUT2D eigenvalue weighted by Gasteiger charge is -2.16. The van der Waals surface area contributed by atoms with E-state index in [1.807, 2.05) is 50.2 Å². The van der Waals surface area contributed by atoms with Crippen LogP contribution in [0.3, 0.4) is 0 Å². The summed E-state index contributed by atoms with van der Waals surface area (Å²) < 4.78 is 0. The summed E-state index contributed by atoms with van der Waals surface area (Å²) in [5.41, 5.74) is 5.66. The van der Waals surface area contributed by atoms with Gasteiger partial charge in [-0.05, 0) is 61.4 Å². The SMILES string of the molecule is Cc1ccccc1C(C)NC(=O)CCC(=O)c1ccc2c(c1)CCC2. The summed E-state index contributed by atoms with van der Waals surface area (Å²) in [4.78, 5) is 24.6. The molecular weight excluding hydrogens is 310 g/mol. The van der Waals surface area contributed by atoms with E-state index in [0.29, 0.717) is 0 Å². The third-order valence-electron chi connectivity index (χ3n) is 5.03. The fraction of sp³-hybridized carbons (Fsp3) is 0.364. The molecule has 130 valence electrons. The Morgan fingerprint density at radius 1 is 1.04 bits per heavy atom. The Kier molecular flexibility index (Phi) is 5.32. The first-order valence-corrected chi connectivity index (χ1v) is 9.04. The summed E-state index contributed by atoms with van der Waals surface area (Å²) in [6.45, 7) is 4.01. The molecule has 0 saturated heterocycles. The first-order valence-electron chi connectivity index (χ1n) is 9.04. The van der Waals surface area contributed by atoms with Crippen molar-refractivity contribution in [2.24, 2.45) is 0 Å². The number of nitrogens with one attached hydrogen (secondary N) is 1. The molecule has 1 aliphatic carbocycles. The number of hydrogen-bond acceptors (Lipinski definition) is 2. The fourth-order valence-electron chi connectivity index (χ4n) is 3.58. The molecule has 0 radical (unpaired) electrons. The van der Waals surface area contributed by atoms with Gasteiger partial charge >= 0.3 is 0 Å². The quantitative estimate of drug-likeness (QED) is 0.799. The van der Waals surface area contributed by atoms with Gasteiger partial charge in [0.25, 0.3) is 0 Å². The largest absolute Gasteiger partial charge is 0.350 e. The van der Waals surface area contributed by atoms with Crippen molar-refractivity contribution < 1.29 is 9.59 Å². The summed E-state index contributed by atoms with van der Waals surface area (Å²) >= 11 is 0. The van der Waals surface area contributed by atoms with Crippen LogP contribution in [0.2, 0.25) is 0 Å². The van der Waals surface area contributed by atoms with Crippen molar-refractivity contribution in [3.05, 3.63) is 70.3 Å². The van der Waals surface area contributed by atoms with Crippen molar-refractivity contribution in [3.63, 3.8) is 0 Å². The molecule has 3 heteroatoms. The molecule has 0 aliphatic heterocycles. The topological polar surface area (TPSA) is 46.2 Å². The molecule has 2 aromatic rings. The van der Waals surface area contributed by atoms with Crippen molar-refractivity contribution in [2.75, 3.05) is 0 Å². The molecule has 3 nitrogen and oxygen atoms in total. The molecule has 1 amide bonds. The number of ketones is 1. The van der Waals surface area contributed by atoms with E-state index in [4.69, 9.17) is 0 Å². The predicted octanol–water partition coefficient (Wildman–Crippen LogP) is 4.32. The molecule has 1 aliphatic rings. The van der Waals surface area contributed by atoms with Crippen LogP contribution in [0.5, 0.6) is 0 Å². The molecule has 1 unspecified atom stereocenters. The zero-order valence-electron chi connectivity index (χ0n) is 15.0. The van der Waals surface area contributed by atoms with Crippen LogP contribution in [0.15, 0.2) is 42.5 Å². The van der Waals surface area contributed by atoms with Crippen molar-refractivity contribution >= 4 is 11.7 Å². The number of Topliss-reactive ketones (excluding diaryl/α,β-unsaturated/α-hetero) is 1. The number of carbonyl (C=O) groups is 2. The van der Waals surface area contributed by atoms with E-state index in [9.17, 15) is 9.59 Å². The third-order valence-corrected chi connectivity index (χ3v) is 5.03. The molecule has 0 bridgehead atoms. The van der Waals surface area contributed by atoms with Crippen LogP contribution in [-0.2, 0) is 17.6 Å². The summed E-state index contributed by atoms with van der Waals surface area (Å²) in [6.07, 6.45) is 3.83. The van der Waals surface area contributed by atoms with Crippen molar-refractivity contribution in [1.29, 1.82) is 0 Å². The van der Waals surface area contributed by atoms with Gasteiger partial charge in [-0.2, -0.15) is 0 Å². The van der Waals surface area contributed by atoms with Crippen molar-refractivity contribution in [1.82, 2.24) is 5.32 Å². The second-order valence-corrected chi connectivity index (χ2v) is 6.91. The summed E-state index contributed by atoms with van der Waals surface area (Å²) in [6, 6.07) is 14.0. The molecular formula is C22H25NO2. The molecule has 1 atom stereocenters. The predicted molar refractivity (Wildman–Crippen MR) is 99.8 cm³/mol. The van der Waals surface area contributed by atoms with Crippen molar-refractivity contribution in [2.45, 2.75) is 52.0 Å². The number of fused-ring (bicyclic) bond motifs is 1. The van der Waals surface area contributed by atoms with Crippen LogP contribution in [0.25, 0.3) is 0 Å². The lowest BCUT2D eigenvalue weighted by molar-refractivity contribution is -0.121. The van der Waals surface area contributed by atoms with Crippen molar-refractivity contribution in [3.8, 4) is 0 Å². The molecule has 0 aromatic heterocycles. The van der Waals surface area contributed by atoms with Crippen LogP contribution >= 0.6 is 0 Å². The Morgan fingerprint density at radius 2 is 1.80 bits per heavy atom. The molecule has 25 heavy (non-hydrogen) atoms. The van der Waals surface area contributed by atoms with E-state index in [2.05, 4.69) is 11.4 Å². The molecule has 0 spiro atoms. The second-order valence-electron chi connectivity index (χ2n) is 6.91. The van der Waals surface area contributed by atoms with Crippen LogP contribution in [0.1, 0.15) is 64.8 Å². The van der Waals surface area contributed by atoms with E-state index < -0.39 is 0 Å². The van der Waals surface area contributed by atoms with E-state index in [1.165, 1.54) is 17.5 Å². The lowest BCUT2D eigenvalue weighted by Crippen LogP contribution is -2.27. The lowest BCUT2D eigenvalue weighted by atomic mass is 10.0. The number of rotatable bonds is 6. The molecule has 2 aromatic carbocycles. The molecule has 3 rings (SSSR count). The summed E-state index contributed by atoms with van der Waals surface area (Å²) in [5, 5.41) is 2.99. The van der Waals surface area contributed by atoms with Gasteiger partial charge in [-0.3, -0.25) is 9.59 Å². The highest BCUT2D eigenvalue weighted by molar-refractivity contribution is 5.98. The Morgan fingerprint density at radius 3 is 2.60 bits per heavy atom. The number of hydrogen-bond donors (Lipinski definition) is 1. The summed E-state index contributed by atoms with van der Waals surface area (Å²) in [5.74, 6) is -0.0290. The van der Waals surface area contributed by atoms with Gasteiger partial charge in [-0.25, -0.2) is 0 Å². The summed E-state index contributed by atoms with van der Waals surface area (Å²) in [7, 11) is 0. The minimum atomic E-state index is -0.0785. The average molecular weight is 335 g/mol. The first-order chi connectivity index (χ1) is 12.0. The Labute approximate surface area is 149 Å². The monoisotopic (exact) mass is 335 g/mol. The fourth-order valence-corrected chi connectivity index (χ4v) is 3.58. The minimum Gasteiger partial charge on any atom is -0.350 e. The maximum Gasteiger partial charge on any atom is 0.220 e. The Hall–Kier alpha value is -2.42. The minimum absolute atomic E-state index is 0.0494. The number of carbonyl (C=O) groups excluding carboxylic acids is 2. The van der Waals surface area contributed by atoms with Gasteiger partial charge in [0.15, 0.2) is 5.78 Å². The third kappa shape index (κ3) is 4.16. The van der Waals surface area contributed by atoms with Crippen LogP contribution in [0.4, 0.5) is 0 Å². The van der Waals surface area contributed by atoms with Crippen LogP contribution < -0.4 is 5.32 Å². The molecule has 1 N–H and O–H groups in total. The zero-order chi connectivity index (χ0) is 17.8. The Bertz CT molecular complexity index is 794. The molecule has 0 heterocycles. The highest BCUT2D eigenvalue weighted by atomic mass is 16.2. The van der Waals surface area contributed by atoms with E-state index in [0.717, 1.165) is 29.5 Å². The van der Waals surface area contributed by atoms with Gasteiger partial charge < -0.3 is 5.32 Å². The molecule has 0 fully saturated rings. The second kappa shape index (κ2) is 7.64. The van der Waals surface area contributed by atoms with Gasteiger partial charge in [0.1, 0.15) is 0 Å². The maximum atomic E-state index is 12.4. The number of aryl methyl sites for hydroxylation is 3.